The fraction of sp³-hybridized carbons (Fsp3) is 0.263. The molecule has 0 aromatic heterocycles. The Kier molecular flexibility index (Phi) is 6.82. The van der Waals surface area contributed by atoms with Gasteiger partial charge in [0.15, 0.2) is 6.61 Å². The topological polar surface area (TPSA) is 50.7 Å². The van der Waals surface area contributed by atoms with Crippen molar-refractivity contribution in [3.8, 4) is 5.75 Å². The summed E-state index contributed by atoms with van der Waals surface area (Å²) in [6, 6.07) is 14.9. The second-order valence-corrected chi connectivity index (χ2v) is 5.92. The Morgan fingerprint density at radius 2 is 1.96 bits per heavy atom. The SMILES string of the molecule is CCC(C)c1ccccc1OCC(=O)N/N=C/c1ccc(Cl)cc1. The highest BCUT2D eigenvalue weighted by molar-refractivity contribution is 6.30. The molecule has 0 spiro atoms. The van der Waals surface area contributed by atoms with E-state index in [2.05, 4.69) is 24.4 Å². The average Bonchev–Trinajstić information content (AvgIpc) is 2.61. The van der Waals surface area contributed by atoms with Crippen molar-refractivity contribution in [3.05, 3.63) is 64.7 Å². The third-order valence-corrected chi connectivity index (χ3v) is 3.95. The maximum Gasteiger partial charge on any atom is 0.277 e. The lowest BCUT2D eigenvalue weighted by Crippen LogP contribution is -2.24. The van der Waals surface area contributed by atoms with E-state index >= 15 is 0 Å². The second kappa shape index (κ2) is 9.08. The minimum absolute atomic E-state index is 0.0780. The zero-order valence-electron chi connectivity index (χ0n) is 13.8. The predicted molar refractivity (Wildman–Crippen MR) is 97.8 cm³/mol. The number of carbonyl (C=O) groups is 1. The summed E-state index contributed by atoms with van der Waals surface area (Å²) >= 11 is 5.81. The number of benzene rings is 2. The first-order chi connectivity index (χ1) is 11.6. The Hall–Kier alpha value is -2.33. The molecule has 0 heterocycles. The molecule has 0 saturated heterocycles. The fourth-order valence-electron chi connectivity index (χ4n) is 2.14. The van der Waals surface area contributed by atoms with Gasteiger partial charge in [-0.1, -0.05) is 55.8 Å². The summed E-state index contributed by atoms with van der Waals surface area (Å²) in [5, 5.41) is 4.57. The maximum absolute atomic E-state index is 11.8. The number of nitrogens with one attached hydrogen (secondary N) is 1. The van der Waals surface area contributed by atoms with E-state index in [1.807, 2.05) is 36.4 Å². The van der Waals surface area contributed by atoms with Crippen LogP contribution in [0.15, 0.2) is 53.6 Å². The van der Waals surface area contributed by atoms with Crippen LogP contribution < -0.4 is 10.2 Å². The highest BCUT2D eigenvalue weighted by Gasteiger charge is 2.10. The Labute approximate surface area is 147 Å². The Morgan fingerprint density at radius 3 is 2.67 bits per heavy atom. The molecular formula is C19H21ClN2O2. The molecule has 1 atom stereocenters. The number of amides is 1. The lowest BCUT2D eigenvalue weighted by molar-refractivity contribution is -0.123. The summed E-state index contributed by atoms with van der Waals surface area (Å²) in [6.07, 6.45) is 2.57. The van der Waals surface area contributed by atoms with Gasteiger partial charge in [-0.25, -0.2) is 5.43 Å². The molecule has 1 unspecified atom stereocenters. The summed E-state index contributed by atoms with van der Waals surface area (Å²) in [5.74, 6) is 0.815. The number of hydrogen-bond donors (Lipinski definition) is 1. The first-order valence-corrected chi connectivity index (χ1v) is 8.27. The first-order valence-electron chi connectivity index (χ1n) is 7.89. The van der Waals surface area contributed by atoms with Crippen LogP contribution in [0.1, 0.15) is 37.3 Å². The van der Waals surface area contributed by atoms with E-state index in [0.717, 1.165) is 23.3 Å². The molecule has 2 aromatic carbocycles. The summed E-state index contributed by atoms with van der Waals surface area (Å²) in [6.45, 7) is 4.18. The molecule has 24 heavy (non-hydrogen) atoms. The van der Waals surface area contributed by atoms with Gasteiger partial charge in [0.05, 0.1) is 6.21 Å². The molecular weight excluding hydrogens is 324 g/mol. The summed E-state index contributed by atoms with van der Waals surface area (Å²) < 4.78 is 5.64. The largest absolute Gasteiger partial charge is 0.483 e. The van der Waals surface area contributed by atoms with Crippen LogP contribution >= 0.6 is 11.6 Å². The van der Waals surface area contributed by atoms with Gasteiger partial charge >= 0.3 is 0 Å². The van der Waals surface area contributed by atoms with Crippen molar-refractivity contribution in [2.75, 3.05) is 6.61 Å². The van der Waals surface area contributed by atoms with Crippen molar-refractivity contribution in [2.45, 2.75) is 26.2 Å². The number of carbonyl (C=O) groups excluding carboxylic acids is 1. The molecule has 4 nitrogen and oxygen atoms in total. The van der Waals surface area contributed by atoms with E-state index in [1.165, 1.54) is 0 Å². The molecule has 1 N–H and O–H groups in total. The summed E-state index contributed by atoms with van der Waals surface area (Å²) in [5.41, 5.74) is 4.41. The van der Waals surface area contributed by atoms with Gasteiger partial charge in [0.2, 0.25) is 0 Å². The number of nitrogens with zero attached hydrogens (tertiary/aromatic N) is 1. The molecule has 0 aliphatic rings. The van der Waals surface area contributed by atoms with Crippen molar-refractivity contribution in [2.24, 2.45) is 5.10 Å². The van der Waals surface area contributed by atoms with E-state index in [0.29, 0.717) is 10.9 Å². The predicted octanol–water partition coefficient (Wildman–Crippen LogP) is 4.38. The van der Waals surface area contributed by atoms with Crippen LogP contribution in [0.3, 0.4) is 0 Å². The molecule has 0 radical (unpaired) electrons. The molecule has 0 fully saturated rings. The monoisotopic (exact) mass is 344 g/mol. The van der Waals surface area contributed by atoms with Gasteiger partial charge in [-0.3, -0.25) is 4.79 Å². The van der Waals surface area contributed by atoms with Gasteiger partial charge < -0.3 is 4.74 Å². The zero-order valence-corrected chi connectivity index (χ0v) is 14.6. The lowest BCUT2D eigenvalue weighted by Gasteiger charge is -2.15. The smallest absolute Gasteiger partial charge is 0.277 e. The van der Waals surface area contributed by atoms with Crippen molar-refractivity contribution in [3.63, 3.8) is 0 Å². The van der Waals surface area contributed by atoms with Crippen LogP contribution in [0, 0.1) is 0 Å². The molecule has 0 aliphatic carbocycles. The van der Waals surface area contributed by atoms with Crippen LogP contribution in [0.25, 0.3) is 0 Å². The number of halogens is 1. The molecule has 2 aromatic rings. The van der Waals surface area contributed by atoms with E-state index in [4.69, 9.17) is 16.3 Å². The van der Waals surface area contributed by atoms with Crippen LogP contribution in [-0.4, -0.2) is 18.7 Å². The van der Waals surface area contributed by atoms with Gasteiger partial charge in [0.1, 0.15) is 5.75 Å². The Morgan fingerprint density at radius 1 is 1.25 bits per heavy atom. The molecule has 0 bridgehead atoms. The van der Waals surface area contributed by atoms with Crippen LogP contribution in [-0.2, 0) is 4.79 Å². The zero-order chi connectivity index (χ0) is 17.4. The number of hydrazone groups is 1. The highest BCUT2D eigenvalue weighted by Crippen LogP contribution is 2.28. The third kappa shape index (κ3) is 5.39. The molecule has 5 heteroatoms. The maximum atomic E-state index is 11.8. The summed E-state index contributed by atoms with van der Waals surface area (Å²) in [4.78, 5) is 11.8. The minimum atomic E-state index is -0.306. The van der Waals surface area contributed by atoms with E-state index in [1.54, 1.807) is 18.3 Å². The van der Waals surface area contributed by atoms with Gasteiger partial charge in [0.25, 0.3) is 5.91 Å². The summed E-state index contributed by atoms with van der Waals surface area (Å²) in [7, 11) is 0. The Balaban J connectivity index is 1.86. The van der Waals surface area contributed by atoms with E-state index < -0.39 is 0 Å². The van der Waals surface area contributed by atoms with Gasteiger partial charge in [-0.05, 0) is 41.7 Å². The Bertz CT molecular complexity index is 699. The van der Waals surface area contributed by atoms with Crippen LogP contribution in [0.5, 0.6) is 5.75 Å². The second-order valence-electron chi connectivity index (χ2n) is 5.48. The third-order valence-electron chi connectivity index (χ3n) is 3.69. The number of rotatable bonds is 7. The lowest BCUT2D eigenvalue weighted by atomic mass is 9.98. The van der Waals surface area contributed by atoms with E-state index in [-0.39, 0.29) is 12.5 Å². The molecule has 2 rings (SSSR count). The average molecular weight is 345 g/mol. The number of para-hydroxylation sites is 1. The normalized spacial score (nSPS) is 12.1. The molecule has 0 saturated carbocycles. The number of hydrogen-bond acceptors (Lipinski definition) is 3. The van der Waals surface area contributed by atoms with Crippen molar-refractivity contribution >= 4 is 23.7 Å². The highest BCUT2D eigenvalue weighted by atomic mass is 35.5. The van der Waals surface area contributed by atoms with Gasteiger partial charge in [-0.15, -0.1) is 0 Å². The van der Waals surface area contributed by atoms with Gasteiger partial charge in [0, 0.05) is 5.02 Å². The van der Waals surface area contributed by atoms with Crippen LogP contribution in [0.2, 0.25) is 5.02 Å². The van der Waals surface area contributed by atoms with Crippen molar-refractivity contribution in [1.82, 2.24) is 5.43 Å². The molecule has 0 aliphatic heterocycles. The molecule has 1 amide bonds. The fourth-order valence-corrected chi connectivity index (χ4v) is 2.27. The van der Waals surface area contributed by atoms with Gasteiger partial charge in [-0.2, -0.15) is 5.10 Å². The first kappa shape index (κ1) is 18.0. The minimum Gasteiger partial charge on any atom is -0.483 e. The van der Waals surface area contributed by atoms with Crippen molar-refractivity contribution < 1.29 is 9.53 Å². The molecule has 126 valence electrons. The van der Waals surface area contributed by atoms with Crippen LogP contribution in [0.4, 0.5) is 0 Å². The van der Waals surface area contributed by atoms with Crippen molar-refractivity contribution in [1.29, 1.82) is 0 Å². The van der Waals surface area contributed by atoms with E-state index in [9.17, 15) is 4.79 Å². The standard InChI is InChI=1S/C19H21ClN2O2/c1-3-14(2)17-6-4-5-7-18(17)24-13-19(23)22-21-12-15-8-10-16(20)11-9-15/h4-12,14H,3,13H2,1-2H3,(H,22,23)/b21-12+. The number of ether oxygens (including phenoxy) is 1. The quantitative estimate of drug-likeness (QED) is 0.598.